The highest BCUT2D eigenvalue weighted by molar-refractivity contribution is 5.81. The zero-order valence-electron chi connectivity index (χ0n) is 11.0. The first-order valence-electron chi connectivity index (χ1n) is 6.51. The van der Waals surface area contributed by atoms with Gasteiger partial charge in [-0.1, -0.05) is 12.1 Å². The molecule has 1 aromatic rings. The van der Waals surface area contributed by atoms with E-state index in [0.717, 1.165) is 19.4 Å². The molecule has 2 atom stereocenters. The second kappa shape index (κ2) is 6.12. The Hall–Kier alpha value is -1.46. The minimum atomic E-state index is -0.703. The largest absolute Gasteiger partial charge is 0.387 e. The van der Waals surface area contributed by atoms with Gasteiger partial charge in [0, 0.05) is 13.6 Å². The third kappa shape index (κ3) is 3.30. The van der Waals surface area contributed by atoms with Gasteiger partial charge in [-0.2, -0.15) is 0 Å². The molecule has 19 heavy (non-hydrogen) atoms. The average molecular weight is 266 g/mol. The first-order valence-corrected chi connectivity index (χ1v) is 6.51. The van der Waals surface area contributed by atoms with E-state index in [1.807, 2.05) is 4.90 Å². The summed E-state index contributed by atoms with van der Waals surface area (Å²) in [6, 6.07) is 5.65. The molecule has 0 aliphatic carbocycles. The molecule has 2 unspecified atom stereocenters. The van der Waals surface area contributed by atoms with E-state index in [4.69, 9.17) is 0 Å². The van der Waals surface area contributed by atoms with Gasteiger partial charge in [0.15, 0.2) is 0 Å². The number of amides is 1. The van der Waals surface area contributed by atoms with Crippen LogP contribution in [0.1, 0.15) is 24.5 Å². The lowest BCUT2D eigenvalue weighted by Crippen LogP contribution is -2.43. The highest BCUT2D eigenvalue weighted by Crippen LogP contribution is 2.22. The van der Waals surface area contributed by atoms with Crippen LogP contribution < -0.4 is 5.32 Å². The van der Waals surface area contributed by atoms with Crippen molar-refractivity contribution >= 4 is 5.91 Å². The fourth-order valence-electron chi connectivity index (χ4n) is 2.52. The van der Waals surface area contributed by atoms with Crippen molar-refractivity contribution in [2.24, 2.45) is 0 Å². The molecule has 2 N–H and O–H groups in total. The predicted molar refractivity (Wildman–Crippen MR) is 70.0 cm³/mol. The van der Waals surface area contributed by atoms with Crippen molar-refractivity contribution in [3.05, 3.63) is 35.6 Å². The van der Waals surface area contributed by atoms with Gasteiger partial charge >= 0.3 is 0 Å². The van der Waals surface area contributed by atoms with E-state index < -0.39 is 6.10 Å². The molecule has 4 nitrogen and oxygen atoms in total. The average Bonchev–Trinajstić information content (AvgIpc) is 2.86. The van der Waals surface area contributed by atoms with Crippen LogP contribution in [0.2, 0.25) is 0 Å². The van der Waals surface area contributed by atoms with Gasteiger partial charge in [0.25, 0.3) is 0 Å². The molecule has 104 valence electrons. The lowest BCUT2D eigenvalue weighted by Gasteiger charge is -2.25. The zero-order chi connectivity index (χ0) is 13.8. The molecule has 0 bridgehead atoms. The predicted octanol–water partition coefficient (Wildman–Crippen LogP) is 1.07. The Morgan fingerprint density at radius 1 is 1.53 bits per heavy atom. The molecule has 1 amide bonds. The molecule has 1 aliphatic heterocycles. The fraction of sp³-hybridized carbons (Fsp3) is 0.500. The van der Waals surface area contributed by atoms with Crippen molar-refractivity contribution in [1.82, 2.24) is 10.2 Å². The number of hydrogen-bond donors (Lipinski definition) is 2. The van der Waals surface area contributed by atoms with Gasteiger partial charge in [-0.25, -0.2) is 4.39 Å². The van der Waals surface area contributed by atoms with Crippen LogP contribution in [-0.2, 0) is 4.79 Å². The van der Waals surface area contributed by atoms with Crippen molar-refractivity contribution in [2.75, 3.05) is 20.1 Å². The van der Waals surface area contributed by atoms with Gasteiger partial charge in [-0.05, 0) is 37.1 Å². The van der Waals surface area contributed by atoms with Gasteiger partial charge in [-0.3, -0.25) is 9.69 Å². The van der Waals surface area contributed by atoms with Crippen molar-refractivity contribution in [2.45, 2.75) is 25.0 Å². The minimum absolute atomic E-state index is 0.0104. The number of halogens is 1. The van der Waals surface area contributed by atoms with Crippen molar-refractivity contribution in [1.29, 1.82) is 0 Å². The summed E-state index contributed by atoms with van der Waals surface area (Å²) < 4.78 is 12.8. The van der Waals surface area contributed by atoms with Crippen LogP contribution in [0, 0.1) is 5.82 Å². The van der Waals surface area contributed by atoms with Crippen LogP contribution in [0.3, 0.4) is 0 Å². The first kappa shape index (κ1) is 14.0. The number of benzene rings is 1. The summed E-state index contributed by atoms with van der Waals surface area (Å²) in [6.07, 6.45) is 1.06. The van der Waals surface area contributed by atoms with Gasteiger partial charge in [0.1, 0.15) is 5.82 Å². The molecule has 1 aromatic carbocycles. The Labute approximate surface area is 112 Å². The zero-order valence-corrected chi connectivity index (χ0v) is 11.0. The smallest absolute Gasteiger partial charge is 0.237 e. The number of likely N-dealkylation sites (tertiary alicyclic amines) is 1. The highest BCUT2D eigenvalue weighted by Gasteiger charge is 2.31. The van der Waals surface area contributed by atoms with Crippen LogP contribution in [0.5, 0.6) is 0 Å². The molecule has 1 fully saturated rings. The molecular weight excluding hydrogens is 247 g/mol. The van der Waals surface area contributed by atoms with Crippen LogP contribution in [0.15, 0.2) is 24.3 Å². The number of hydrogen-bond acceptors (Lipinski definition) is 3. The maximum absolute atomic E-state index is 12.8. The van der Waals surface area contributed by atoms with E-state index in [1.165, 1.54) is 12.1 Å². The van der Waals surface area contributed by atoms with E-state index in [0.29, 0.717) is 12.1 Å². The molecule has 1 aliphatic rings. The SMILES string of the molecule is CNC(=O)C1CCCN1CC(O)c1ccc(F)cc1. The van der Waals surface area contributed by atoms with E-state index in [-0.39, 0.29) is 17.8 Å². The number of nitrogens with zero attached hydrogens (tertiary/aromatic N) is 1. The molecule has 5 heteroatoms. The van der Waals surface area contributed by atoms with E-state index in [2.05, 4.69) is 5.32 Å². The van der Waals surface area contributed by atoms with Gasteiger partial charge in [-0.15, -0.1) is 0 Å². The van der Waals surface area contributed by atoms with Gasteiger partial charge in [0.05, 0.1) is 12.1 Å². The first-order chi connectivity index (χ1) is 9.11. The summed E-state index contributed by atoms with van der Waals surface area (Å²) in [5.41, 5.74) is 0.670. The third-order valence-electron chi connectivity index (χ3n) is 3.57. The number of rotatable bonds is 4. The highest BCUT2D eigenvalue weighted by atomic mass is 19.1. The van der Waals surface area contributed by atoms with Gasteiger partial charge in [0.2, 0.25) is 5.91 Å². The topological polar surface area (TPSA) is 52.6 Å². The monoisotopic (exact) mass is 266 g/mol. The van der Waals surface area contributed by atoms with Gasteiger partial charge < -0.3 is 10.4 Å². The molecular formula is C14H19FN2O2. The Kier molecular flexibility index (Phi) is 4.50. The van der Waals surface area contributed by atoms with Crippen LogP contribution >= 0.6 is 0 Å². The summed E-state index contributed by atoms with van der Waals surface area (Å²) in [4.78, 5) is 13.7. The summed E-state index contributed by atoms with van der Waals surface area (Å²) in [5.74, 6) is -0.329. The Balaban J connectivity index is 2.00. The van der Waals surface area contributed by atoms with E-state index >= 15 is 0 Å². The number of carbonyl (C=O) groups excluding carboxylic acids is 1. The molecule has 1 heterocycles. The molecule has 2 rings (SSSR count). The second-order valence-electron chi connectivity index (χ2n) is 4.83. The molecule has 0 spiro atoms. The normalized spacial score (nSPS) is 21.3. The Morgan fingerprint density at radius 3 is 2.84 bits per heavy atom. The third-order valence-corrected chi connectivity index (χ3v) is 3.57. The standard InChI is InChI=1S/C14H19FN2O2/c1-16-14(19)12-3-2-8-17(12)9-13(18)10-4-6-11(15)7-5-10/h4-7,12-13,18H,2-3,8-9H2,1H3,(H,16,19). The number of aliphatic hydroxyl groups excluding tert-OH is 1. The molecule has 1 saturated heterocycles. The van der Waals surface area contributed by atoms with E-state index in [1.54, 1.807) is 19.2 Å². The van der Waals surface area contributed by atoms with Crippen LogP contribution in [-0.4, -0.2) is 42.1 Å². The number of carbonyl (C=O) groups is 1. The Morgan fingerprint density at radius 2 is 2.21 bits per heavy atom. The van der Waals surface area contributed by atoms with Crippen LogP contribution in [0.4, 0.5) is 4.39 Å². The molecule has 0 radical (unpaired) electrons. The van der Waals surface area contributed by atoms with E-state index in [9.17, 15) is 14.3 Å². The maximum atomic E-state index is 12.8. The lowest BCUT2D eigenvalue weighted by molar-refractivity contribution is -0.125. The maximum Gasteiger partial charge on any atom is 0.237 e. The number of β-amino-alcohol motifs (C(OH)–C–C–N with tert-alkyl or cyclic N) is 1. The summed E-state index contributed by atoms with van der Waals surface area (Å²) in [5, 5.41) is 12.8. The summed E-state index contributed by atoms with van der Waals surface area (Å²) >= 11 is 0. The summed E-state index contributed by atoms with van der Waals surface area (Å²) in [7, 11) is 1.62. The fourth-order valence-corrected chi connectivity index (χ4v) is 2.52. The van der Waals surface area contributed by atoms with Crippen molar-refractivity contribution in [3.8, 4) is 0 Å². The number of nitrogens with one attached hydrogen (secondary N) is 1. The van der Waals surface area contributed by atoms with Crippen LogP contribution in [0.25, 0.3) is 0 Å². The number of aliphatic hydroxyl groups is 1. The number of likely N-dealkylation sites (N-methyl/N-ethyl adjacent to an activating group) is 1. The molecule has 0 saturated carbocycles. The quantitative estimate of drug-likeness (QED) is 0.857. The van der Waals surface area contributed by atoms with Crippen molar-refractivity contribution < 1.29 is 14.3 Å². The summed E-state index contributed by atoms with van der Waals surface area (Å²) in [6.45, 7) is 1.19. The lowest BCUT2D eigenvalue weighted by atomic mass is 10.1. The minimum Gasteiger partial charge on any atom is -0.387 e. The Bertz CT molecular complexity index is 436. The second-order valence-corrected chi connectivity index (χ2v) is 4.83. The van der Waals surface area contributed by atoms with Crippen molar-refractivity contribution in [3.63, 3.8) is 0 Å². The molecule has 0 aromatic heterocycles.